The van der Waals surface area contributed by atoms with Crippen molar-refractivity contribution in [1.82, 2.24) is 18.8 Å². The van der Waals surface area contributed by atoms with Gasteiger partial charge in [-0.05, 0) is 55.1 Å². The van der Waals surface area contributed by atoms with Gasteiger partial charge in [0.25, 0.3) is 15.6 Å². The summed E-state index contributed by atoms with van der Waals surface area (Å²) < 4.78 is 31.4. The van der Waals surface area contributed by atoms with E-state index in [-0.39, 0.29) is 11.6 Å². The normalized spacial score (nSPS) is 16.9. The van der Waals surface area contributed by atoms with Gasteiger partial charge in [-0.25, -0.2) is 13.4 Å². The summed E-state index contributed by atoms with van der Waals surface area (Å²) in [6.45, 7) is 5.72. The van der Waals surface area contributed by atoms with Crippen LogP contribution in [0.15, 0.2) is 51.5 Å². The van der Waals surface area contributed by atoms with Gasteiger partial charge in [0, 0.05) is 42.9 Å². The smallest absolute Gasteiger partial charge is 0.261 e. The Hall–Kier alpha value is -2.30. The van der Waals surface area contributed by atoms with Crippen molar-refractivity contribution in [2.24, 2.45) is 7.05 Å². The lowest BCUT2D eigenvalue weighted by molar-refractivity contribution is 0.139. The second-order valence-corrected chi connectivity index (χ2v) is 12.2. The molecule has 0 spiro atoms. The van der Waals surface area contributed by atoms with E-state index in [4.69, 9.17) is 16.6 Å². The van der Waals surface area contributed by atoms with E-state index in [9.17, 15) is 13.2 Å². The number of hydrogen-bond acceptors (Lipinski definition) is 6. The van der Waals surface area contributed by atoms with E-state index in [1.54, 1.807) is 28.1 Å². The number of benzene rings is 2. The molecule has 3 heterocycles. The molecule has 2 aromatic heterocycles. The largest absolute Gasteiger partial charge is 0.298 e. The molecule has 0 amide bonds. The van der Waals surface area contributed by atoms with Crippen LogP contribution in [0.3, 0.4) is 0 Å². The number of para-hydroxylation sites is 1. The van der Waals surface area contributed by atoms with Crippen LogP contribution in [0.4, 0.5) is 0 Å². The van der Waals surface area contributed by atoms with E-state index in [2.05, 4.69) is 4.90 Å². The highest BCUT2D eigenvalue weighted by Crippen LogP contribution is 2.37. The fourth-order valence-corrected chi connectivity index (χ4v) is 8.11. The third kappa shape index (κ3) is 3.85. The van der Waals surface area contributed by atoms with Crippen LogP contribution in [0.25, 0.3) is 21.0 Å². The molecule has 1 fully saturated rings. The average molecular weight is 517 g/mol. The number of nitrogens with zero attached hydrogens (tertiary/aromatic N) is 4. The van der Waals surface area contributed by atoms with Gasteiger partial charge < -0.3 is 0 Å². The van der Waals surface area contributed by atoms with E-state index in [1.807, 2.05) is 44.2 Å². The zero-order chi connectivity index (χ0) is 24.2. The summed E-state index contributed by atoms with van der Waals surface area (Å²) in [5.41, 5.74) is 1.34. The van der Waals surface area contributed by atoms with Gasteiger partial charge in [-0.3, -0.25) is 14.3 Å². The van der Waals surface area contributed by atoms with Crippen LogP contribution in [0.2, 0.25) is 5.02 Å². The molecule has 0 radical (unpaired) electrons. The molecule has 0 aliphatic carbocycles. The Morgan fingerprint density at radius 3 is 2.50 bits per heavy atom. The van der Waals surface area contributed by atoms with Crippen molar-refractivity contribution >= 4 is 54.0 Å². The molecule has 2 aromatic carbocycles. The Bertz CT molecular complexity index is 1570. The molecule has 5 rings (SSSR count). The lowest BCUT2D eigenvalue weighted by Gasteiger charge is -2.37. The molecule has 1 atom stereocenters. The van der Waals surface area contributed by atoms with Crippen LogP contribution in [0.1, 0.15) is 24.4 Å². The maximum absolute atomic E-state index is 13.5. The minimum Gasteiger partial charge on any atom is -0.298 e. The zero-order valence-corrected chi connectivity index (χ0v) is 21.5. The maximum atomic E-state index is 13.5. The van der Waals surface area contributed by atoms with E-state index < -0.39 is 10.0 Å². The topological polar surface area (TPSA) is 75.5 Å². The number of aromatic nitrogens is 2. The zero-order valence-electron chi connectivity index (χ0n) is 19.2. The molecule has 0 bridgehead atoms. The highest BCUT2D eigenvalue weighted by atomic mass is 35.5. The fourth-order valence-electron chi connectivity index (χ4n) is 4.64. The van der Waals surface area contributed by atoms with Crippen molar-refractivity contribution in [3.63, 3.8) is 0 Å². The predicted octanol–water partition coefficient (Wildman–Crippen LogP) is 4.18. The number of piperazine rings is 1. The number of rotatable bonds is 4. The molecule has 0 N–H and O–H groups in total. The van der Waals surface area contributed by atoms with Crippen LogP contribution in [0, 0.1) is 6.92 Å². The Morgan fingerprint density at radius 2 is 1.76 bits per heavy atom. The minimum atomic E-state index is -3.61. The summed E-state index contributed by atoms with van der Waals surface area (Å²) in [6.07, 6.45) is 0. The SMILES string of the molecule is Cc1c(S(=O)(=O)N2CCN(C(C)c3nc4ccccc4c(=O)n3C)CC2)sc2ccc(Cl)cc12. The van der Waals surface area contributed by atoms with Crippen molar-refractivity contribution in [3.05, 3.63) is 69.2 Å². The van der Waals surface area contributed by atoms with Crippen LogP contribution in [-0.2, 0) is 17.1 Å². The fraction of sp³-hybridized carbons (Fsp3) is 0.333. The third-order valence-corrected chi connectivity index (χ3v) is 10.6. The van der Waals surface area contributed by atoms with Crippen molar-refractivity contribution < 1.29 is 8.42 Å². The molecule has 1 aliphatic rings. The first-order valence-electron chi connectivity index (χ1n) is 11.1. The van der Waals surface area contributed by atoms with Gasteiger partial charge >= 0.3 is 0 Å². The number of aryl methyl sites for hydroxylation is 1. The van der Waals surface area contributed by atoms with Crippen molar-refractivity contribution in [1.29, 1.82) is 0 Å². The van der Waals surface area contributed by atoms with Crippen LogP contribution in [-0.4, -0.2) is 53.4 Å². The Balaban J connectivity index is 1.38. The maximum Gasteiger partial charge on any atom is 0.261 e. The molecule has 1 saturated heterocycles. The summed E-state index contributed by atoms with van der Waals surface area (Å²) in [6, 6.07) is 12.7. The highest BCUT2D eigenvalue weighted by Gasteiger charge is 2.33. The number of thiophene rings is 1. The Kier molecular flexibility index (Phi) is 6.02. The molecule has 7 nitrogen and oxygen atoms in total. The van der Waals surface area contributed by atoms with Gasteiger partial charge in [0.05, 0.1) is 16.9 Å². The molecule has 34 heavy (non-hydrogen) atoms. The van der Waals surface area contributed by atoms with Crippen LogP contribution < -0.4 is 5.56 Å². The molecule has 1 unspecified atom stereocenters. The summed E-state index contributed by atoms with van der Waals surface area (Å²) in [4.78, 5) is 19.7. The molecule has 10 heteroatoms. The average Bonchev–Trinajstić information content (AvgIpc) is 3.17. The molecule has 4 aromatic rings. The summed E-state index contributed by atoms with van der Waals surface area (Å²) in [5, 5.41) is 2.07. The first kappa shape index (κ1) is 23.4. The second kappa shape index (κ2) is 8.73. The summed E-state index contributed by atoms with van der Waals surface area (Å²) >= 11 is 7.42. The molecular weight excluding hydrogens is 492 g/mol. The van der Waals surface area contributed by atoms with Crippen molar-refractivity contribution in [3.8, 4) is 0 Å². The first-order valence-corrected chi connectivity index (χ1v) is 13.7. The van der Waals surface area contributed by atoms with E-state index in [1.165, 1.54) is 11.3 Å². The number of hydrogen-bond donors (Lipinski definition) is 0. The summed E-state index contributed by atoms with van der Waals surface area (Å²) in [7, 11) is -1.87. The summed E-state index contributed by atoms with van der Waals surface area (Å²) in [5.74, 6) is 0.678. The molecule has 1 aliphatic heterocycles. The van der Waals surface area contributed by atoms with E-state index >= 15 is 0 Å². The third-order valence-electron chi connectivity index (χ3n) is 6.64. The van der Waals surface area contributed by atoms with Gasteiger partial charge in [0.15, 0.2) is 0 Å². The van der Waals surface area contributed by atoms with Crippen LogP contribution >= 0.6 is 22.9 Å². The van der Waals surface area contributed by atoms with E-state index in [0.717, 1.165) is 15.6 Å². The monoisotopic (exact) mass is 516 g/mol. The minimum absolute atomic E-state index is 0.0750. The van der Waals surface area contributed by atoms with Gasteiger partial charge in [-0.2, -0.15) is 4.31 Å². The number of fused-ring (bicyclic) bond motifs is 2. The van der Waals surface area contributed by atoms with Crippen LogP contribution in [0.5, 0.6) is 0 Å². The molecule has 0 saturated carbocycles. The van der Waals surface area contributed by atoms with Crippen molar-refractivity contribution in [2.45, 2.75) is 24.1 Å². The molecule has 178 valence electrons. The Morgan fingerprint density at radius 1 is 1.06 bits per heavy atom. The highest BCUT2D eigenvalue weighted by molar-refractivity contribution is 7.91. The number of sulfonamides is 1. The van der Waals surface area contributed by atoms with Gasteiger partial charge in [0.1, 0.15) is 10.0 Å². The van der Waals surface area contributed by atoms with Gasteiger partial charge in [-0.15, -0.1) is 11.3 Å². The predicted molar refractivity (Wildman–Crippen MR) is 137 cm³/mol. The second-order valence-electron chi connectivity index (χ2n) is 8.62. The van der Waals surface area contributed by atoms with Gasteiger partial charge in [-0.1, -0.05) is 23.7 Å². The lowest BCUT2D eigenvalue weighted by Crippen LogP contribution is -2.49. The van der Waals surface area contributed by atoms with E-state index in [0.29, 0.717) is 52.1 Å². The quantitative estimate of drug-likeness (QED) is 0.407. The van der Waals surface area contributed by atoms with Gasteiger partial charge in [0.2, 0.25) is 0 Å². The first-order chi connectivity index (χ1) is 16.2. The Labute approximate surface area is 207 Å². The lowest BCUT2D eigenvalue weighted by atomic mass is 10.2. The standard InChI is InChI=1S/C24H25ClN4O3S2/c1-15-19-14-17(25)8-9-21(19)33-24(15)34(31,32)29-12-10-28(11-13-29)16(2)22-26-20-7-5-4-6-18(20)23(30)27(22)3/h4-9,14,16H,10-13H2,1-3H3. The number of halogens is 1. The molecular formula is C24H25ClN4O3S2. The van der Waals surface area contributed by atoms with Crippen molar-refractivity contribution in [2.75, 3.05) is 26.2 Å².